The Kier molecular flexibility index (Phi) is 3.30. The van der Waals surface area contributed by atoms with E-state index in [1.165, 1.54) is 32.1 Å². The lowest BCUT2D eigenvalue weighted by atomic mass is 9.75. The van der Waals surface area contributed by atoms with E-state index >= 15 is 0 Å². The molecule has 2 saturated carbocycles. The van der Waals surface area contributed by atoms with E-state index in [0.717, 1.165) is 19.4 Å². The van der Waals surface area contributed by atoms with Gasteiger partial charge < -0.3 is 10.2 Å². The zero-order valence-electron chi connectivity index (χ0n) is 12.7. The fraction of sp³-hybridized carbons (Fsp3) is 0.875. The van der Waals surface area contributed by atoms with Crippen molar-refractivity contribution < 1.29 is 9.59 Å². The molecular formula is C16H26N2O2. The van der Waals surface area contributed by atoms with E-state index in [1.807, 2.05) is 11.8 Å². The van der Waals surface area contributed by atoms with Crippen molar-refractivity contribution in [3.8, 4) is 0 Å². The summed E-state index contributed by atoms with van der Waals surface area (Å²) < 4.78 is 0. The molecule has 1 N–H and O–H groups in total. The lowest BCUT2D eigenvalue weighted by molar-refractivity contribution is -0.152. The van der Waals surface area contributed by atoms with E-state index in [0.29, 0.717) is 5.92 Å². The van der Waals surface area contributed by atoms with Gasteiger partial charge in [-0.3, -0.25) is 9.59 Å². The zero-order valence-corrected chi connectivity index (χ0v) is 12.7. The normalized spacial score (nSPS) is 34.0. The molecule has 0 aromatic carbocycles. The minimum atomic E-state index is -0.639. The van der Waals surface area contributed by atoms with Gasteiger partial charge in [0.25, 0.3) is 0 Å². The van der Waals surface area contributed by atoms with Gasteiger partial charge in [-0.2, -0.15) is 0 Å². The van der Waals surface area contributed by atoms with Crippen molar-refractivity contribution in [3.05, 3.63) is 0 Å². The van der Waals surface area contributed by atoms with Crippen LogP contribution in [0.4, 0.5) is 0 Å². The molecule has 2 amide bonds. The Hall–Kier alpha value is -1.06. The van der Waals surface area contributed by atoms with Crippen molar-refractivity contribution in [2.75, 3.05) is 13.1 Å². The third-order valence-electron chi connectivity index (χ3n) is 5.49. The van der Waals surface area contributed by atoms with Crippen LogP contribution in [-0.4, -0.2) is 35.3 Å². The predicted molar refractivity (Wildman–Crippen MR) is 77.0 cm³/mol. The minimum Gasteiger partial charge on any atom is -0.340 e. The second-order valence-corrected chi connectivity index (χ2v) is 7.56. The molecule has 1 atom stereocenters. The van der Waals surface area contributed by atoms with Gasteiger partial charge in [0.1, 0.15) is 5.54 Å². The molecule has 2 aliphatic carbocycles. The highest BCUT2D eigenvalue weighted by atomic mass is 16.2. The molecule has 3 aliphatic rings. The molecule has 1 saturated heterocycles. The monoisotopic (exact) mass is 278 g/mol. The first kappa shape index (κ1) is 13.9. The van der Waals surface area contributed by atoms with Crippen molar-refractivity contribution >= 4 is 11.8 Å². The fourth-order valence-corrected chi connectivity index (χ4v) is 4.05. The highest BCUT2D eigenvalue weighted by molar-refractivity contribution is 5.98. The molecule has 0 radical (unpaired) electrons. The van der Waals surface area contributed by atoms with Gasteiger partial charge in [0.2, 0.25) is 11.8 Å². The number of carbonyl (C=O) groups excluding carboxylic acids is 2. The molecular weight excluding hydrogens is 252 g/mol. The lowest BCUT2D eigenvalue weighted by Gasteiger charge is -2.44. The summed E-state index contributed by atoms with van der Waals surface area (Å²) in [5, 5.41) is 2.95. The second-order valence-electron chi connectivity index (χ2n) is 7.56. The number of nitrogens with one attached hydrogen (secondary N) is 1. The van der Waals surface area contributed by atoms with Crippen molar-refractivity contribution in [2.45, 2.75) is 64.3 Å². The van der Waals surface area contributed by atoms with Crippen molar-refractivity contribution in [1.29, 1.82) is 0 Å². The molecule has 112 valence electrons. The second kappa shape index (κ2) is 4.74. The summed E-state index contributed by atoms with van der Waals surface area (Å²) in [6.45, 7) is 5.19. The molecule has 0 spiro atoms. The summed E-state index contributed by atoms with van der Waals surface area (Å²) in [7, 11) is 0. The first-order valence-corrected chi connectivity index (χ1v) is 8.03. The summed E-state index contributed by atoms with van der Waals surface area (Å²) in [6, 6.07) is 0. The summed E-state index contributed by atoms with van der Waals surface area (Å²) in [4.78, 5) is 26.6. The van der Waals surface area contributed by atoms with Crippen LogP contribution in [0.1, 0.15) is 58.8 Å². The zero-order chi connectivity index (χ0) is 14.4. The molecule has 0 aromatic heterocycles. The standard InChI is InChI=1S/C16H26N2O2/c1-15(8-4-3-5-9-15)11-18-10-13(19)17-16(2,14(18)20)12-6-7-12/h12H,3-11H2,1-2H3,(H,17,19). The van der Waals surface area contributed by atoms with Crippen molar-refractivity contribution in [2.24, 2.45) is 11.3 Å². The van der Waals surface area contributed by atoms with Gasteiger partial charge in [0.15, 0.2) is 0 Å². The Morgan fingerprint density at radius 2 is 1.80 bits per heavy atom. The van der Waals surface area contributed by atoms with E-state index in [9.17, 15) is 9.59 Å². The smallest absolute Gasteiger partial charge is 0.248 e. The van der Waals surface area contributed by atoms with E-state index in [-0.39, 0.29) is 23.8 Å². The largest absolute Gasteiger partial charge is 0.340 e. The summed E-state index contributed by atoms with van der Waals surface area (Å²) in [5.74, 6) is 0.505. The van der Waals surface area contributed by atoms with Crippen LogP contribution in [0.15, 0.2) is 0 Å². The van der Waals surface area contributed by atoms with Crippen LogP contribution in [0.5, 0.6) is 0 Å². The fourth-order valence-electron chi connectivity index (χ4n) is 4.05. The van der Waals surface area contributed by atoms with Gasteiger partial charge in [0.05, 0.1) is 6.54 Å². The van der Waals surface area contributed by atoms with Gasteiger partial charge in [-0.1, -0.05) is 26.2 Å². The number of hydrogen-bond donors (Lipinski definition) is 1. The number of hydrogen-bond acceptors (Lipinski definition) is 2. The van der Waals surface area contributed by atoms with Crippen LogP contribution in [-0.2, 0) is 9.59 Å². The van der Waals surface area contributed by atoms with Gasteiger partial charge in [-0.15, -0.1) is 0 Å². The predicted octanol–water partition coefficient (Wildman–Crippen LogP) is 2.08. The van der Waals surface area contributed by atoms with Crippen LogP contribution in [0.2, 0.25) is 0 Å². The van der Waals surface area contributed by atoms with E-state index in [4.69, 9.17) is 0 Å². The molecule has 0 bridgehead atoms. The van der Waals surface area contributed by atoms with Crippen LogP contribution >= 0.6 is 0 Å². The molecule has 3 fully saturated rings. The third kappa shape index (κ3) is 2.45. The van der Waals surface area contributed by atoms with E-state index < -0.39 is 5.54 Å². The Balaban J connectivity index is 1.74. The number of carbonyl (C=O) groups is 2. The molecule has 1 unspecified atom stereocenters. The average molecular weight is 278 g/mol. The Bertz CT molecular complexity index is 424. The summed E-state index contributed by atoms with van der Waals surface area (Å²) in [5.41, 5.74) is -0.434. The average Bonchev–Trinajstić information content (AvgIpc) is 3.20. The maximum absolute atomic E-state index is 12.8. The SMILES string of the molecule is CC1(CN2CC(=O)NC(C)(C3CC3)C2=O)CCCCC1. The highest BCUT2D eigenvalue weighted by Gasteiger charge is 2.53. The van der Waals surface area contributed by atoms with E-state index in [1.54, 1.807) is 0 Å². The topological polar surface area (TPSA) is 49.4 Å². The van der Waals surface area contributed by atoms with Gasteiger partial charge in [0, 0.05) is 6.54 Å². The Morgan fingerprint density at radius 1 is 1.15 bits per heavy atom. The number of nitrogens with zero attached hydrogens (tertiary/aromatic N) is 1. The van der Waals surface area contributed by atoms with Gasteiger partial charge in [-0.25, -0.2) is 0 Å². The lowest BCUT2D eigenvalue weighted by Crippen LogP contribution is -2.67. The maximum atomic E-state index is 12.8. The third-order valence-corrected chi connectivity index (χ3v) is 5.49. The summed E-state index contributed by atoms with van der Waals surface area (Å²) >= 11 is 0. The molecule has 1 aliphatic heterocycles. The first-order valence-electron chi connectivity index (χ1n) is 8.03. The first-order chi connectivity index (χ1) is 9.43. The van der Waals surface area contributed by atoms with Crippen LogP contribution in [0, 0.1) is 11.3 Å². The minimum absolute atomic E-state index is 0.0124. The molecule has 20 heavy (non-hydrogen) atoms. The Labute approximate surface area is 121 Å². The molecule has 1 heterocycles. The summed E-state index contributed by atoms with van der Waals surface area (Å²) in [6.07, 6.45) is 8.30. The highest BCUT2D eigenvalue weighted by Crippen LogP contribution is 2.43. The molecule has 0 aromatic rings. The number of piperazine rings is 1. The van der Waals surface area contributed by atoms with Crippen LogP contribution < -0.4 is 5.32 Å². The molecule has 3 rings (SSSR count). The van der Waals surface area contributed by atoms with Crippen LogP contribution in [0.3, 0.4) is 0 Å². The Morgan fingerprint density at radius 3 is 2.40 bits per heavy atom. The number of amides is 2. The molecule has 4 nitrogen and oxygen atoms in total. The van der Waals surface area contributed by atoms with E-state index in [2.05, 4.69) is 12.2 Å². The maximum Gasteiger partial charge on any atom is 0.248 e. The van der Waals surface area contributed by atoms with Gasteiger partial charge >= 0.3 is 0 Å². The quantitative estimate of drug-likeness (QED) is 0.859. The van der Waals surface area contributed by atoms with Crippen LogP contribution in [0.25, 0.3) is 0 Å². The van der Waals surface area contributed by atoms with Crippen molar-refractivity contribution in [1.82, 2.24) is 10.2 Å². The van der Waals surface area contributed by atoms with Crippen molar-refractivity contribution in [3.63, 3.8) is 0 Å². The van der Waals surface area contributed by atoms with Gasteiger partial charge in [-0.05, 0) is 43.9 Å². The molecule has 4 heteroatoms. The number of rotatable bonds is 3.